The van der Waals surface area contributed by atoms with Crippen LogP contribution >= 0.6 is 11.3 Å². The Balaban J connectivity index is 1.23. The van der Waals surface area contributed by atoms with Crippen molar-refractivity contribution in [3.8, 4) is 23.0 Å². The molecule has 1 aromatic heterocycles. The molecule has 0 fully saturated rings. The van der Waals surface area contributed by atoms with Gasteiger partial charge in [0.25, 0.3) is 5.56 Å². The van der Waals surface area contributed by atoms with E-state index in [1.807, 2.05) is 66.7 Å². The fraction of sp³-hybridized carbons (Fsp3) is 0.225. The van der Waals surface area contributed by atoms with Gasteiger partial charge in [0, 0.05) is 0 Å². The third-order valence-corrected chi connectivity index (χ3v) is 9.45. The van der Waals surface area contributed by atoms with E-state index in [1.54, 1.807) is 48.9 Å². The van der Waals surface area contributed by atoms with Gasteiger partial charge in [-0.2, -0.15) is 0 Å². The summed E-state index contributed by atoms with van der Waals surface area (Å²) in [4.78, 5) is 32.9. The molecule has 0 bridgehead atoms. The quantitative estimate of drug-likeness (QED) is 0.0820. The fourth-order valence-corrected chi connectivity index (χ4v) is 6.71. The van der Waals surface area contributed by atoms with Crippen LogP contribution in [0.4, 0.5) is 0 Å². The van der Waals surface area contributed by atoms with Crippen LogP contribution in [0, 0.1) is 0 Å². The monoisotopic (exact) mass is 674 g/mol. The minimum atomic E-state index is -0.707. The maximum absolute atomic E-state index is 14.1. The molecule has 9 heteroatoms. The summed E-state index contributed by atoms with van der Waals surface area (Å²) in [6.07, 6.45) is 2.89. The number of carbonyl (C=O) groups excluding carboxylic acids is 1. The van der Waals surface area contributed by atoms with Gasteiger partial charge >= 0.3 is 5.97 Å². The van der Waals surface area contributed by atoms with Gasteiger partial charge in [0.05, 0.1) is 29.0 Å². The van der Waals surface area contributed by atoms with Crippen molar-refractivity contribution in [2.24, 2.45) is 4.99 Å². The van der Waals surface area contributed by atoms with E-state index < -0.39 is 12.0 Å². The van der Waals surface area contributed by atoms with Crippen LogP contribution in [-0.2, 0) is 4.79 Å². The Kier molecular flexibility index (Phi) is 10.4. The van der Waals surface area contributed by atoms with E-state index in [-0.39, 0.29) is 5.56 Å². The van der Waals surface area contributed by atoms with Crippen molar-refractivity contribution < 1.29 is 23.7 Å². The van der Waals surface area contributed by atoms with Crippen molar-refractivity contribution in [2.75, 3.05) is 20.3 Å². The first-order valence-corrected chi connectivity index (χ1v) is 17.1. The lowest BCUT2D eigenvalue weighted by Gasteiger charge is -2.24. The lowest BCUT2D eigenvalue weighted by Crippen LogP contribution is -2.40. The molecule has 8 nitrogen and oxygen atoms in total. The van der Waals surface area contributed by atoms with Crippen molar-refractivity contribution in [1.29, 1.82) is 0 Å². The number of hydrogen-bond acceptors (Lipinski definition) is 8. The smallest absolute Gasteiger partial charge is 0.343 e. The molecular weight excluding hydrogens is 637 g/mol. The molecule has 0 N–H and O–H groups in total. The second-order valence-corrected chi connectivity index (χ2v) is 12.7. The average molecular weight is 675 g/mol. The van der Waals surface area contributed by atoms with Crippen LogP contribution < -0.4 is 33.8 Å². The number of rotatable bonds is 12. The number of para-hydroxylation sites is 1. The fourth-order valence-electron chi connectivity index (χ4n) is 5.67. The van der Waals surface area contributed by atoms with Crippen molar-refractivity contribution in [1.82, 2.24) is 4.57 Å². The number of esters is 1. The molecule has 0 radical (unpaired) electrons. The molecule has 0 aliphatic carbocycles. The number of aromatic nitrogens is 1. The Bertz CT molecular complexity index is 2140. The number of methoxy groups -OCH3 is 1. The van der Waals surface area contributed by atoms with Gasteiger partial charge in [-0.15, -0.1) is 0 Å². The molecule has 0 saturated carbocycles. The highest BCUT2D eigenvalue weighted by molar-refractivity contribution is 7.07. The zero-order valence-corrected chi connectivity index (χ0v) is 28.7. The van der Waals surface area contributed by atoms with E-state index >= 15 is 0 Å². The topological polar surface area (TPSA) is 88.4 Å². The summed E-state index contributed by atoms with van der Waals surface area (Å²) in [6, 6.07) is 31.3. The minimum absolute atomic E-state index is 0.260. The van der Waals surface area contributed by atoms with Gasteiger partial charge in [0.1, 0.15) is 24.7 Å². The largest absolute Gasteiger partial charge is 0.493 e. The second-order valence-electron chi connectivity index (χ2n) is 11.7. The van der Waals surface area contributed by atoms with Gasteiger partial charge in [-0.1, -0.05) is 91.9 Å². The normalized spacial score (nSPS) is 14.9. The van der Waals surface area contributed by atoms with E-state index in [4.69, 9.17) is 23.9 Å². The molecule has 1 aliphatic heterocycles. The van der Waals surface area contributed by atoms with Gasteiger partial charge in [-0.25, -0.2) is 9.79 Å². The zero-order chi connectivity index (χ0) is 34.3. The SMILES string of the molecule is CC[C@H](C)c1ccc(OCCOc2ccc(/C=c3\sc4n(c3=O)[C@H](c3ccccc3)C(C(=O)Oc3ccccc3)=C(C)N=4)cc2OC)cc1. The predicted octanol–water partition coefficient (Wildman–Crippen LogP) is 6.82. The molecule has 4 aromatic carbocycles. The molecule has 1 aliphatic rings. The van der Waals surface area contributed by atoms with Crippen molar-refractivity contribution in [3.63, 3.8) is 0 Å². The molecular formula is C40H38N2O6S. The van der Waals surface area contributed by atoms with E-state index in [9.17, 15) is 9.59 Å². The Morgan fingerprint density at radius 1 is 0.898 bits per heavy atom. The second kappa shape index (κ2) is 15.2. The Labute approximate surface area is 289 Å². The maximum Gasteiger partial charge on any atom is 0.343 e. The van der Waals surface area contributed by atoms with Gasteiger partial charge in [-0.05, 0) is 78.4 Å². The lowest BCUT2D eigenvalue weighted by atomic mass is 9.96. The van der Waals surface area contributed by atoms with E-state index in [1.165, 1.54) is 16.9 Å². The molecule has 0 amide bonds. The van der Waals surface area contributed by atoms with E-state index in [0.717, 1.165) is 23.3 Å². The Morgan fingerprint density at radius 2 is 1.59 bits per heavy atom. The summed E-state index contributed by atoms with van der Waals surface area (Å²) in [7, 11) is 1.58. The number of benzene rings is 4. The van der Waals surface area contributed by atoms with Crippen LogP contribution in [0.5, 0.6) is 23.0 Å². The highest BCUT2D eigenvalue weighted by Crippen LogP contribution is 2.32. The maximum atomic E-state index is 14.1. The molecule has 0 spiro atoms. The average Bonchev–Trinajstić information content (AvgIpc) is 3.43. The summed E-state index contributed by atoms with van der Waals surface area (Å²) in [5, 5.41) is 0. The van der Waals surface area contributed by atoms with Gasteiger partial charge in [-0.3, -0.25) is 9.36 Å². The highest BCUT2D eigenvalue weighted by Gasteiger charge is 2.33. The Morgan fingerprint density at radius 3 is 2.29 bits per heavy atom. The number of nitrogens with zero attached hydrogens (tertiary/aromatic N) is 2. The Hall–Kier alpha value is -5.41. The molecule has 0 unspecified atom stereocenters. The summed E-state index contributed by atoms with van der Waals surface area (Å²) in [5.41, 5.74) is 3.37. The molecule has 6 rings (SSSR count). The number of carbonyl (C=O) groups is 1. The number of allylic oxidation sites excluding steroid dienone is 1. The number of ether oxygens (including phenoxy) is 4. The van der Waals surface area contributed by atoms with Crippen LogP contribution in [0.25, 0.3) is 6.08 Å². The summed E-state index contributed by atoms with van der Waals surface area (Å²) in [6.45, 7) is 6.87. The number of hydrogen-bond donors (Lipinski definition) is 0. The van der Waals surface area contributed by atoms with E-state index in [2.05, 4.69) is 26.0 Å². The first kappa shape index (κ1) is 33.5. The lowest BCUT2D eigenvalue weighted by molar-refractivity contribution is -0.130. The predicted molar refractivity (Wildman–Crippen MR) is 191 cm³/mol. The first-order valence-electron chi connectivity index (χ1n) is 16.2. The minimum Gasteiger partial charge on any atom is -0.493 e. The zero-order valence-electron chi connectivity index (χ0n) is 27.9. The number of thiazole rings is 1. The van der Waals surface area contributed by atoms with Gasteiger partial charge in [0.15, 0.2) is 16.3 Å². The summed E-state index contributed by atoms with van der Waals surface area (Å²) in [5.74, 6) is 2.27. The number of fused-ring (bicyclic) bond motifs is 1. The van der Waals surface area contributed by atoms with Gasteiger partial charge < -0.3 is 18.9 Å². The molecule has 49 heavy (non-hydrogen) atoms. The van der Waals surface area contributed by atoms with Crippen LogP contribution in [0.2, 0.25) is 0 Å². The summed E-state index contributed by atoms with van der Waals surface area (Å²) >= 11 is 1.27. The van der Waals surface area contributed by atoms with Gasteiger partial charge in [0.2, 0.25) is 0 Å². The van der Waals surface area contributed by atoms with Crippen LogP contribution in [0.3, 0.4) is 0 Å². The highest BCUT2D eigenvalue weighted by atomic mass is 32.1. The van der Waals surface area contributed by atoms with Crippen molar-refractivity contribution >= 4 is 23.4 Å². The molecule has 2 heterocycles. The summed E-state index contributed by atoms with van der Waals surface area (Å²) < 4.78 is 25.3. The van der Waals surface area contributed by atoms with Crippen LogP contribution in [0.15, 0.2) is 124 Å². The molecule has 0 saturated heterocycles. The van der Waals surface area contributed by atoms with E-state index in [0.29, 0.717) is 57.0 Å². The van der Waals surface area contributed by atoms with Crippen LogP contribution in [0.1, 0.15) is 55.8 Å². The van der Waals surface area contributed by atoms with Crippen LogP contribution in [-0.4, -0.2) is 30.9 Å². The van der Waals surface area contributed by atoms with Crippen molar-refractivity contribution in [3.05, 3.63) is 151 Å². The third-order valence-electron chi connectivity index (χ3n) is 8.47. The standard InChI is InChI=1S/C40H38N2O6S/c1-5-26(2)29-17-19-31(20-18-29)46-22-23-47-33-21-16-28(24-34(33)45-4)25-35-38(43)42-37(30-12-8-6-9-13-30)36(27(3)41-40(42)49-35)39(44)48-32-14-10-7-11-15-32/h6-21,24-26,37H,5,22-23H2,1-4H3/b35-25-/t26-,37+/m0/s1. The van der Waals surface area contributed by atoms with Crippen molar-refractivity contribution in [2.45, 2.75) is 39.2 Å². The molecule has 250 valence electrons. The molecule has 2 atom stereocenters. The molecule has 5 aromatic rings. The third kappa shape index (κ3) is 7.52. The first-order chi connectivity index (χ1) is 23.9.